The first kappa shape index (κ1) is 8.59. The number of hydrogen-bond acceptors (Lipinski definition) is 4. The van der Waals surface area contributed by atoms with E-state index in [-0.39, 0.29) is 12.6 Å². The molecule has 1 aliphatic heterocycles. The van der Waals surface area contributed by atoms with E-state index in [1.54, 1.807) is 6.33 Å². The molecule has 1 atom stereocenters. The van der Waals surface area contributed by atoms with Crippen molar-refractivity contribution in [3.05, 3.63) is 23.8 Å². The van der Waals surface area contributed by atoms with E-state index in [2.05, 4.69) is 14.9 Å². The van der Waals surface area contributed by atoms with Gasteiger partial charge in [0.2, 0.25) is 0 Å². The summed E-state index contributed by atoms with van der Waals surface area (Å²) < 4.78 is 0. The Balaban J connectivity index is 2.14. The maximum absolute atomic E-state index is 9.00. The molecule has 4 heteroatoms. The van der Waals surface area contributed by atoms with Gasteiger partial charge in [-0.1, -0.05) is 0 Å². The van der Waals surface area contributed by atoms with Crippen molar-refractivity contribution < 1.29 is 5.11 Å². The lowest BCUT2D eigenvalue weighted by molar-refractivity contribution is 0.133. The SMILES string of the molecule is CC(CO)N1Cc2cncnc2C1. The molecule has 0 saturated heterocycles. The van der Waals surface area contributed by atoms with Gasteiger partial charge in [-0.25, -0.2) is 9.97 Å². The number of aliphatic hydroxyl groups is 1. The van der Waals surface area contributed by atoms with Gasteiger partial charge >= 0.3 is 0 Å². The Labute approximate surface area is 77.2 Å². The van der Waals surface area contributed by atoms with Gasteiger partial charge in [-0.05, 0) is 6.92 Å². The van der Waals surface area contributed by atoms with Crippen LogP contribution in [0.4, 0.5) is 0 Å². The summed E-state index contributed by atoms with van der Waals surface area (Å²) in [6.45, 7) is 3.90. The highest BCUT2D eigenvalue weighted by Crippen LogP contribution is 2.20. The standard InChI is InChI=1S/C9H13N3O/c1-7(5-13)12-3-8-2-10-6-11-9(8)4-12/h2,6-7,13H,3-5H2,1H3. The van der Waals surface area contributed by atoms with Crippen LogP contribution in [-0.2, 0) is 13.1 Å². The van der Waals surface area contributed by atoms with Crippen LogP contribution < -0.4 is 0 Å². The maximum Gasteiger partial charge on any atom is 0.115 e. The van der Waals surface area contributed by atoms with Gasteiger partial charge in [0.1, 0.15) is 6.33 Å². The summed E-state index contributed by atoms with van der Waals surface area (Å²) in [6.07, 6.45) is 3.43. The number of rotatable bonds is 2. The first-order valence-corrected chi connectivity index (χ1v) is 4.44. The molecule has 0 fully saturated rings. The van der Waals surface area contributed by atoms with Crippen LogP contribution in [0.5, 0.6) is 0 Å². The first-order valence-electron chi connectivity index (χ1n) is 4.44. The van der Waals surface area contributed by atoms with Crippen LogP contribution in [0.1, 0.15) is 18.2 Å². The highest BCUT2D eigenvalue weighted by atomic mass is 16.3. The Morgan fingerprint density at radius 1 is 1.62 bits per heavy atom. The topological polar surface area (TPSA) is 49.2 Å². The molecule has 2 heterocycles. The van der Waals surface area contributed by atoms with E-state index in [4.69, 9.17) is 5.11 Å². The van der Waals surface area contributed by atoms with E-state index in [1.807, 2.05) is 13.1 Å². The second kappa shape index (κ2) is 3.40. The highest BCUT2D eigenvalue weighted by Gasteiger charge is 2.23. The summed E-state index contributed by atoms with van der Waals surface area (Å²) in [4.78, 5) is 10.4. The van der Waals surface area contributed by atoms with Crippen molar-refractivity contribution >= 4 is 0 Å². The number of fused-ring (bicyclic) bond motifs is 1. The Hall–Kier alpha value is -1.00. The third-order valence-electron chi connectivity index (χ3n) is 2.50. The lowest BCUT2D eigenvalue weighted by atomic mass is 10.3. The van der Waals surface area contributed by atoms with E-state index < -0.39 is 0 Å². The first-order chi connectivity index (χ1) is 6.31. The van der Waals surface area contributed by atoms with Gasteiger partial charge in [0.15, 0.2) is 0 Å². The second-order valence-corrected chi connectivity index (χ2v) is 3.43. The van der Waals surface area contributed by atoms with Crippen molar-refractivity contribution in [1.82, 2.24) is 14.9 Å². The molecule has 0 aliphatic carbocycles. The molecule has 0 amide bonds. The Kier molecular flexibility index (Phi) is 2.24. The molecular formula is C9H13N3O. The van der Waals surface area contributed by atoms with Gasteiger partial charge in [-0.2, -0.15) is 0 Å². The smallest absolute Gasteiger partial charge is 0.115 e. The predicted molar refractivity (Wildman–Crippen MR) is 47.8 cm³/mol. The summed E-state index contributed by atoms with van der Waals surface area (Å²) in [7, 11) is 0. The molecule has 0 saturated carbocycles. The van der Waals surface area contributed by atoms with Crippen LogP contribution in [0.3, 0.4) is 0 Å². The van der Waals surface area contributed by atoms with Crippen molar-refractivity contribution in [2.24, 2.45) is 0 Å². The third-order valence-corrected chi connectivity index (χ3v) is 2.50. The van der Waals surface area contributed by atoms with Gasteiger partial charge in [0.25, 0.3) is 0 Å². The molecule has 13 heavy (non-hydrogen) atoms. The van der Waals surface area contributed by atoms with E-state index >= 15 is 0 Å². The predicted octanol–water partition coefficient (Wildman–Crippen LogP) is 0.173. The number of hydrogen-bond donors (Lipinski definition) is 1. The molecule has 0 bridgehead atoms. The van der Waals surface area contributed by atoms with Crippen LogP contribution in [0, 0.1) is 0 Å². The molecular weight excluding hydrogens is 166 g/mol. The van der Waals surface area contributed by atoms with Crippen LogP contribution in [0.25, 0.3) is 0 Å². The van der Waals surface area contributed by atoms with Gasteiger partial charge in [0.05, 0.1) is 12.3 Å². The summed E-state index contributed by atoms with van der Waals surface area (Å²) in [5.74, 6) is 0. The monoisotopic (exact) mass is 179 g/mol. The van der Waals surface area contributed by atoms with E-state index in [0.717, 1.165) is 18.8 Å². The summed E-state index contributed by atoms with van der Waals surface area (Å²) in [5, 5.41) is 9.00. The van der Waals surface area contributed by atoms with Crippen LogP contribution in [0.15, 0.2) is 12.5 Å². The minimum Gasteiger partial charge on any atom is -0.395 e. The zero-order chi connectivity index (χ0) is 9.26. The lowest BCUT2D eigenvalue weighted by Crippen LogP contribution is -2.30. The number of nitrogens with zero attached hydrogens (tertiary/aromatic N) is 3. The van der Waals surface area contributed by atoms with Gasteiger partial charge in [-0.15, -0.1) is 0 Å². The van der Waals surface area contributed by atoms with Crippen molar-refractivity contribution in [1.29, 1.82) is 0 Å². The molecule has 2 rings (SSSR count). The molecule has 1 aromatic rings. The normalized spacial score (nSPS) is 18.6. The molecule has 1 aliphatic rings. The minimum absolute atomic E-state index is 0.196. The zero-order valence-corrected chi connectivity index (χ0v) is 7.64. The van der Waals surface area contributed by atoms with E-state index in [1.165, 1.54) is 5.56 Å². The van der Waals surface area contributed by atoms with Gasteiger partial charge in [-0.3, -0.25) is 4.90 Å². The van der Waals surface area contributed by atoms with E-state index in [0.29, 0.717) is 0 Å². The second-order valence-electron chi connectivity index (χ2n) is 3.43. The molecule has 70 valence electrons. The summed E-state index contributed by atoms with van der Waals surface area (Å²) in [6, 6.07) is 0.203. The van der Waals surface area contributed by atoms with Gasteiger partial charge in [0, 0.05) is 30.9 Å². The molecule has 0 spiro atoms. The highest BCUT2D eigenvalue weighted by molar-refractivity contribution is 5.20. The maximum atomic E-state index is 9.00. The fraction of sp³-hybridized carbons (Fsp3) is 0.556. The van der Waals surface area contributed by atoms with Crippen molar-refractivity contribution in [2.75, 3.05) is 6.61 Å². The average Bonchev–Trinajstić information content (AvgIpc) is 2.59. The molecule has 1 unspecified atom stereocenters. The molecule has 4 nitrogen and oxygen atoms in total. The van der Waals surface area contributed by atoms with Crippen LogP contribution in [-0.4, -0.2) is 32.6 Å². The Morgan fingerprint density at radius 2 is 2.46 bits per heavy atom. The molecule has 1 N–H and O–H groups in total. The fourth-order valence-electron chi connectivity index (χ4n) is 1.55. The minimum atomic E-state index is 0.196. The Bertz CT molecular complexity index is 278. The van der Waals surface area contributed by atoms with Crippen molar-refractivity contribution in [3.63, 3.8) is 0 Å². The van der Waals surface area contributed by atoms with Crippen LogP contribution >= 0.6 is 0 Å². The van der Waals surface area contributed by atoms with Crippen LogP contribution in [0.2, 0.25) is 0 Å². The Morgan fingerprint density at radius 3 is 3.15 bits per heavy atom. The number of aliphatic hydroxyl groups excluding tert-OH is 1. The summed E-state index contributed by atoms with van der Waals surface area (Å²) in [5.41, 5.74) is 2.28. The summed E-state index contributed by atoms with van der Waals surface area (Å²) >= 11 is 0. The average molecular weight is 179 g/mol. The van der Waals surface area contributed by atoms with Crippen molar-refractivity contribution in [3.8, 4) is 0 Å². The zero-order valence-electron chi connectivity index (χ0n) is 7.64. The van der Waals surface area contributed by atoms with Crippen molar-refractivity contribution in [2.45, 2.75) is 26.1 Å². The molecule has 1 aromatic heterocycles. The quantitative estimate of drug-likeness (QED) is 0.703. The lowest BCUT2D eigenvalue weighted by Gasteiger charge is -2.20. The van der Waals surface area contributed by atoms with Gasteiger partial charge < -0.3 is 5.11 Å². The fourth-order valence-corrected chi connectivity index (χ4v) is 1.55. The molecule has 0 radical (unpaired) electrons. The van der Waals surface area contributed by atoms with E-state index in [9.17, 15) is 0 Å². The molecule has 0 aromatic carbocycles. The number of aromatic nitrogens is 2. The third kappa shape index (κ3) is 1.55. The largest absolute Gasteiger partial charge is 0.395 e.